The van der Waals surface area contributed by atoms with Gasteiger partial charge in [0, 0.05) is 19.2 Å². The third-order valence-corrected chi connectivity index (χ3v) is 4.75. The van der Waals surface area contributed by atoms with Crippen molar-refractivity contribution in [3.8, 4) is 5.75 Å². The lowest BCUT2D eigenvalue weighted by atomic mass is 10.2. The van der Waals surface area contributed by atoms with E-state index in [9.17, 15) is 13.2 Å². The zero-order valence-corrected chi connectivity index (χ0v) is 15.3. The second kappa shape index (κ2) is 8.65. The van der Waals surface area contributed by atoms with Crippen LogP contribution in [0.2, 0.25) is 0 Å². The molecule has 1 rings (SSSR count). The van der Waals surface area contributed by atoms with Crippen molar-refractivity contribution in [1.82, 2.24) is 9.62 Å². The molecular weight excluding hydrogens is 328 g/mol. The van der Waals surface area contributed by atoms with Crippen molar-refractivity contribution < 1.29 is 17.9 Å². The number of rotatable bonds is 8. The van der Waals surface area contributed by atoms with Crippen molar-refractivity contribution in [2.24, 2.45) is 0 Å². The predicted octanol–water partition coefficient (Wildman–Crippen LogP) is 2.04. The molecule has 0 heterocycles. The highest BCUT2D eigenvalue weighted by Crippen LogP contribution is 2.25. The average Bonchev–Trinajstić information content (AvgIpc) is 2.56. The fourth-order valence-electron chi connectivity index (χ4n) is 2.06. The number of methoxy groups -OCH3 is 1. The lowest BCUT2D eigenvalue weighted by Crippen LogP contribution is -2.30. The lowest BCUT2D eigenvalue weighted by Gasteiger charge is -2.18. The highest BCUT2D eigenvalue weighted by Gasteiger charge is 2.17. The van der Waals surface area contributed by atoms with Crippen molar-refractivity contribution >= 4 is 22.0 Å². The van der Waals surface area contributed by atoms with E-state index in [1.807, 2.05) is 13.8 Å². The molecule has 132 valence electrons. The van der Waals surface area contributed by atoms with E-state index in [1.54, 1.807) is 23.1 Å². The first-order chi connectivity index (χ1) is 11.2. The molecule has 0 saturated heterocycles. The number of amides is 1. The van der Waals surface area contributed by atoms with Gasteiger partial charge in [0.2, 0.25) is 15.9 Å². The highest BCUT2D eigenvalue weighted by molar-refractivity contribution is 7.89. The normalized spacial score (nSPS) is 11.5. The largest absolute Gasteiger partial charge is 0.495 e. The van der Waals surface area contributed by atoms with Gasteiger partial charge < -0.3 is 9.64 Å². The van der Waals surface area contributed by atoms with Crippen LogP contribution in [-0.2, 0) is 14.8 Å². The highest BCUT2D eigenvalue weighted by atomic mass is 32.2. The van der Waals surface area contributed by atoms with Crippen LogP contribution in [0.5, 0.6) is 5.75 Å². The van der Waals surface area contributed by atoms with Gasteiger partial charge in [0.25, 0.3) is 0 Å². The zero-order chi connectivity index (χ0) is 18.3. The maximum Gasteiger partial charge on any atom is 0.246 e. The fourth-order valence-corrected chi connectivity index (χ4v) is 2.99. The van der Waals surface area contributed by atoms with Crippen LogP contribution in [-0.4, -0.2) is 46.5 Å². The van der Waals surface area contributed by atoms with Crippen LogP contribution in [0.15, 0.2) is 41.3 Å². The summed E-state index contributed by atoms with van der Waals surface area (Å²) in [6.07, 6.45) is 3.00. The van der Waals surface area contributed by atoms with Crippen LogP contribution in [0.25, 0.3) is 6.08 Å². The number of sulfonamides is 1. The Bertz CT molecular complexity index is 739. The Labute approximate surface area is 143 Å². The lowest BCUT2D eigenvalue weighted by molar-refractivity contribution is -0.125. The van der Waals surface area contributed by atoms with Gasteiger partial charge in [-0.25, -0.2) is 13.1 Å². The van der Waals surface area contributed by atoms with E-state index in [0.29, 0.717) is 18.7 Å². The molecule has 0 radical (unpaired) electrons. The maximum absolute atomic E-state index is 12.2. The van der Waals surface area contributed by atoms with Crippen molar-refractivity contribution in [1.29, 1.82) is 0 Å². The first-order valence-corrected chi connectivity index (χ1v) is 8.96. The summed E-state index contributed by atoms with van der Waals surface area (Å²) >= 11 is 0. The summed E-state index contributed by atoms with van der Waals surface area (Å²) in [5.74, 6) is 0.0830. The summed E-state index contributed by atoms with van der Waals surface area (Å²) in [6, 6.07) is 4.70. The van der Waals surface area contributed by atoms with Gasteiger partial charge in [0.1, 0.15) is 10.6 Å². The molecule has 1 aromatic carbocycles. The van der Waals surface area contributed by atoms with Crippen molar-refractivity contribution in [2.45, 2.75) is 18.7 Å². The molecule has 0 saturated carbocycles. The minimum atomic E-state index is -3.65. The Morgan fingerprint density at radius 1 is 1.42 bits per heavy atom. The number of nitrogens with zero attached hydrogens (tertiary/aromatic N) is 1. The molecule has 0 aliphatic heterocycles. The molecular formula is C17H24N2O4S. The quantitative estimate of drug-likeness (QED) is 0.574. The summed E-state index contributed by atoms with van der Waals surface area (Å²) < 4.78 is 31.4. The number of hydrogen-bond donors (Lipinski definition) is 1. The van der Waals surface area contributed by atoms with E-state index >= 15 is 0 Å². The molecule has 0 spiro atoms. The minimum absolute atomic E-state index is 0.0244. The zero-order valence-electron chi connectivity index (χ0n) is 14.5. The number of carbonyl (C=O) groups is 1. The topological polar surface area (TPSA) is 75.7 Å². The van der Waals surface area contributed by atoms with Crippen LogP contribution in [0.3, 0.4) is 0 Å². The average molecular weight is 352 g/mol. The summed E-state index contributed by atoms with van der Waals surface area (Å²) in [5, 5.41) is 0. The van der Waals surface area contributed by atoms with Crippen molar-refractivity contribution in [3.63, 3.8) is 0 Å². The molecule has 6 nitrogen and oxygen atoms in total. The van der Waals surface area contributed by atoms with Gasteiger partial charge in [0.05, 0.1) is 7.11 Å². The SMILES string of the molecule is C=C(C)CN(CC)C(=O)/C=C/c1ccc(OC)c(S(=O)(=O)NC)c1. The van der Waals surface area contributed by atoms with E-state index in [4.69, 9.17) is 4.74 Å². The number of ether oxygens (including phenoxy) is 1. The van der Waals surface area contributed by atoms with Gasteiger partial charge in [-0.05, 0) is 44.7 Å². The van der Waals surface area contributed by atoms with Crippen LogP contribution in [0, 0.1) is 0 Å². The van der Waals surface area contributed by atoms with Crippen LogP contribution >= 0.6 is 0 Å². The predicted molar refractivity (Wildman–Crippen MR) is 95.3 cm³/mol. The minimum Gasteiger partial charge on any atom is -0.495 e. The number of carbonyl (C=O) groups excluding carboxylic acids is 1. The fraction of sp³-hybridized carbons (Fsp3) is 0.353. The summed E-state index contributed by atoms with van der Waals surface area (Å²) in [7, 11) is -0.921. The number of hydrogen-bond acceptors (Lipinski definition) is 4. The Hall–Kier alpha value is -2.12. The molecule has 0 fully saturated rings. The second-order valence-corrected chi connectivity index (χ2v) is 7.12. The first kappa shape index (κ1) is 19.9. The van der Waals surface area contributed by atoms with Crippen LogP contribution in [0.1, 0.15) is 19.4 Å². The third-order valence-electron chi connectivity index (χ3n) is 3.32. The molecule has 0 aromatic heterocycles. The molecule has 0 bridgehead atoms. The molecule has 0 aliphatic rings. The van der Waals surface area contributed by atoms with Gasteiger partial charge in [-0.1, -0.05) is 18.2 Å². The molecule has 0 unspecified atom stereocenters. The third kappa shape index (κ3) is 5.21. The monoisotopic (exact) mass is 352 g/mol. The van der Waals surface area contributed by atoms with Crippen molar-refractivity contribution in [2.75, 3.05) is 27.2 Å². The molecule has 1 aromatic rings. The summed E-state index contributed by atoms with van der Waals surface area (Å²) in [4.78, 5) is 13.9. The van der Waals surface area contributed by atoms with E-state index in [0.717, 1.165) is 5.57 Å². The number of likely N-dealkylation sites (N-methyl/N-ethyl adjacent to an activating group) is 1. The van der Waals surface area contributed by atoms with E-state index in [2.05, 4.69) is 11.3 Å². The first-order valence-electron chi connectivity index (χ1n) is 7.48. The number of nitrogens with one attached hydrogen (secondary N) is 1. The Morgan fingerprint density at radius 3 is 2.58 bits per heavy atom. The number of benzene rings is 1. The van der Waals surface area contributed by atoms with Gasteiger partial charge in [0.15, 0.2) is 0 Å². The van der Waals surface area contributed by atoms with Crippen molar-refractivity contribution in [3.05, 3.63) is 42.0 Å². The molecule has 0 aliphatic carbocycles. The molecule has 0 atom stereocenters. The molecule has 1 N–H and O–H groups in total. The van der Waals surface area contributed by atoms with Crippen LogP contribution < -0.4 is 9.46 Å². The Kier molecular flexibility index (Phi) is 7.18. The Morgan fingerprint density at radius 2 is 2.08 bits per heavy atom. The Balaban J connectivity index is 3.09. The van der Waals surface area contributed by atoms with Gasteiger partial charge in [-0.3, -0.25) is 4.79 Å². The van der Waals surface area contributed by atoms with Gasteiger partial charge >= 0.3 is 0 Å². The second-order valence-electron chi connectivity index (χ2n) is 5.26. The molecule has 7 heteroatoms. The molecule has 24 heavy (non-hydrogen) atoms. The van der Waals surface area contributed by atoms with E-state index < -0.39 is 10.0 Å². The summed E-state index contributed by atoms with van der Waals surface area (Å²) in [5.41, 5.74) is 1.48. The smallest absolute Gasteiger partial charge is 0.246 e. The van der Waals surface area contributed by atoms with Gasteiger partial charge in [-0.15, -0.1) is 0 Å². The summed E-state index contributed by atoms with van der Waals surface area (Å²) in [6.45, 7) is 8.61. The van der Waals surface area contributed by atoms with Crippen LogP contribution in [0.4, 0.5) is 0 Å². The molecule has 1 amide bonds. The van der Waals surface area contributed by atoms with Gasteiger partial charge in [-0.2, -0.15) is 0 Å². The standard InChI is InChI=1S/C17H24N2O4S/c1-6-19(12-13(2)3)17(20)10-8-14-7-9-15(23-5)16(11-14)24(21,22)18-4/h7-11,18H,2,6,12H2,1,3-5H3/b10-8+. The van der Waals surface area contributed by atoms with E-state index in [-0.39, 0.29) is 16.6 Å². The maximum atomic E-state index is 12.2. The van der Waals surface area contributed by atoms with E-state index in [1.165, 1.54) is 26.3 Å².